The average molecular weight is 312 g/mol. The molecule has 1 heterocycles. The van der Waals surface area contributed by atoms with Gasteiger partial charge in [0, 0.05) is 24.5 Å². The Hall–Kier alpha value is -0.610. The fourth-order valence-electron chi connectivity index (χ4n) is 2.91. The number of rotatable bonds is 4. The van der Waals surface area contributed by atoms with E-state index in [0.717, 1.165) is 32.5 Å². The van der Waals surface area contributed by atoms with Crippen molar-refractivity contribution in [1.29, 1.82) is 0 Å². The quantitative estimate of drug-likeness (QED) is 0.839. The van der Waals surface area contributed by atoms with E-state index in [1.165, 1.54) is 0 Å². The molecule has 0 saturated carbocycles. The summed E-state index contributed by atoms with van der Waals surface area (Å²) in [5.74, 6) is 0.554. The summed E-state index contributed by atoms with van der Waals surface area (Å²) in [5.41, 5.74) is -0.437. The van der Waals surface area contributed by atoms with Crippen molar-refractivity contribution in [2.24, 2.45) is 16.7 Å². The second kappa shape index (κ2) is 7.31. The molecule has 1 amide bonds. The molecule has 4 heteroatoms. The van der Waals surface area contributed by atoms with Gasteiger partial charge in [-0.25, -0.2) is 0 Å². The van der Waals surface area contributed by atoms with Crippen LogP contribution in [0.25, 0.3) is 0 Å². The molecule has 0 radical (unpaired) electrons. The SMILES string of the molecule is CCN1CC(CC(O)C(C)(C)C)CC(NC(=O)C(C)(C)C)C1. The summed E-state index contributed by atoms with van der Waals surface area (Å²) < 4.78 is 0. The number of nitrogens with zero attached hydrogens (tertiary/aromatic N) is 1. The number of likely N-dealkylation sites (N-methyl/N-ethyl adjacent to an activating group) is 1. The minimum Gasteiger partial charge on any atom is -0.393 e. The molecule has 1 saturated heterocycles. The molecule has 22 heavy (non-hydrogen) atoms. The lowest BCUT2D eigenvalue weighted by molar-refractivity contribution is -0.129. The van der Waals surface area contributed by atoms with Crippen molar-refractivity contribution in [3.05, 3.63) is 0 Å². The zero-order valence-electron chi connectivity index (χ0n) is 15.6. The topological polar surface area (TPSA) is 52.6 Å². The Morgan fingerprint density at radius 3 is 2.27 bits per heavy atom. The molecule has 3 unspecified atom stereocenters. The standard InChI is InChI=1S/C18H36N2O2/c1-8-20-11-13(10-15(21)17(2,3)4)9-14(12-20)19-16(22)18(5,6)7/h13-15,21H,8-12H2,1-7H3,(H,19,22). The summed E-state index contributed by atoms with van der Waals surface area (Å²) >= 11 is 0. The van der Waals surface area contributed by atoms with Crippen LogP contribution in [0.5, 0.6) is 0 Å². The number of carbonyl (C=O) groups is 1. The van der Waals surface area contributed by atoms with Crippen molar-refractivity contribution in [2.75, 3.05) is 19.6 Å². The van der Waals surface area contributed by atoms with Crippen LogP contribution in [-0.2, 0) is 4.79 Å². The van der Waals surface area contributed by atoms with Crippen LogP contribution in [0.3, 0.4) is 0 Å². The molecule has 0 aliphatic carbocycles. The molecule has 0 aromatic carbocycles. The highest BCUT2D eigenvalue weighted by molar-refractivity contribution is 5.81. The Morgan fingerprint density at radius 2 is 1.82 bits per heavy atom. The molecular formula is C18H36N2O2. The van der Waals surface area contributed by atoms with E-state index in [1.54, 1.807) is 0 Å². The summed E-state index contributed by atoms with van der Waals surface area (Å²) in [5, 5.41) is 13.6. The van der Waals surface area contributed by atoms with Crippen LogP contribution in [-0.4, -0.2) is 47.7 Å². The Bertz CT molecular complexity index is 368. The van der Waals surface area contributed by atoms with Crippen molar-refractivity contribution < 1.29 is 9.90 Å². The first-order valence-corrected chi connectivity index (χ1v) is 8.64. The minimum atomic E-state index is -0.352. The number of likely N-dealkylation sites (tertiary alicyclic amines) is 1. The van der Waals surface area contributed by atoms with Gasteiger partial charge in [-0.1, -0.05) is 48.5 Å². The maximum atomic E-state index is 12.2. The summed E-state index contributed by atoms with van der Waals surface area (Å²) in [4.78, 5) is 14.6. The molecule has 4 nitrogen and oxygen atoms in total. The van der Waals surface area contributed by atoms with Gasteiger partial charge in [0.25, 0.3) is 0 Å². The monoisotopic (exact) mass is 312 g/mol. The Labute approximate surface area is 136 Å². The van der Waals surface area contributed by atoms with Crippen LogP contribution in [0.2, 0.25) is 0 Å². The molecule has 1 fully saturated rings. The highest BCUT2D eigenvalue weighted by Gasteiger charge is 2.33. The fourth-order valence-corrected chi connectivity index (χ4v) is 2.91. The van der Waals surface area contributed by atoms with E-state index in [-0.39, 0.29) is 28.9 Å². The van der Waals surface area contributed by atoms with Gasteiger partial charge in [0.15, 0.2) is 0 Å². The fraction of sp³-hybridized carbons (Fsp3) is 0.944. The number of aliphatic hydroxyl groups is 1. The van der Waals surface area contributed by atoms with Gasteiger partial charge in [-0.3, -0.25) is 4.79 Å². The van der Waals surface area contributed by atoms with Crippen molar-refractivity contribution in [2.45, 2.75) is 73.5 Å². The molecule has 130 valence electrons. The van der Waals surface area contributed by atoms with E-state index in [9.17, 15) is 9.90 Å². The second-order valence-electron chi connectivity index (χ2n) is 8.99. The maximum absolute atomic E-state index is 12.2. The zero-order valence-corrected chi connectivity index (χ0v) is 15.6. The first kappa shape index (κ1) is 19.4. The van der Waals surface area contributed by atoms with E-state index in [0.29, 0.717) is 5.92 Å². The first-order valence-electron chi connectivity index (χ1n) is 8.64. The van der Waals surface area contributed by atoms with Crippen LogP contribution in [0.4, 0.5) is 0 Å². The normalized spacial score (nSPS) is 25.8. The lowest BCUT2D eigenvalue weighted by Crippen LogP contribution is -2.53. The van der Waals surface area contributed by atoms with Crippen molar-refractivity contribution in [3.63, 3.8) is 0 Å². The third-order valence-corrected chi connectivity index (χ3v) is 4.63. The van der Waals surface area contributed by atoms with E-state index >= 15 is 0 Å². The number of hydrogen-bond acceptors (Lipinski definition) is 3. The van der Waals surface area contributed by atoms with Gasteiger partial charge >= 0.3 is 0 Å². The van der Waals surface area contributed by atoms with Crippen LogP contribution in [0.1, 0.15) is 61.3 Å². The van der Waals surface area contributed by atoms with Crippen LogP contribution in [0, 0.1) is 16.7 Å². The van der Waals surface area contributed by atoms with Gasteiger partial charge in [-0.2, -0.15) is 0 Å². The molecule has 0 spiro atoms. The van der Waals surface area contributed by atoms with E-state index in [1.807, 2.05) is 20.8 Å². The number of carbonyl (C=O) groups excluding carboxylic acids is 1. The van der Waals surface area contributed by atoms with Gasteiger partial charge in [0.05, 0.1) is 6.10 Å². The molecule has 1 aliphatic heterocycles. The third kappa shape index (κ3) is 5.88. The summed E-state index contributed by atoms with van der Waals surface area (Å²) in [6, 6.07) is 0.192. The molecular weight excluding hydrogens is 276 g/mol. The summed E-state index contributed by atoms with van der Waals surface area (Å²) in [6.45, 7) is 17.2. The van der Waals surface area contributed by atoms with Gasteiger partial charge < -0.3 is 15.3 Å². The van der Waals surface area contributed by atoms with Crippen LogP contribution >= 0.6 is 0 Å². The number of nitrogens with one attached hydrogen (secondary N) is 1. The lowest BCUT2D eigenvalue weighted by atomic mass is 9.80. The Morgan fingerprint density at radius 1 is 1.23 bits per heavy atom. The molecule has 1 aliphatic rings. The van der Waals surface area contributed by atoms with Crippen molar-refractivity contribution >= 4 is 5.91 Å². The molecule has 0 bridgehead atoms. The van der Waals surface area contributed by atoms with Crippen LogP contribution < -0.4 is 5.32 Å². The second-order valence-corrected chi connectivity index (χ2v) is 8.99. The summed E-state index contributed by atoms with van der Waals surface area (Å²) in [7, 11) is 0. The van der Waals surface area contributed by atoms with Crippen molar-refractivity contribution in [3.8, 4) is 0 Å². The minimum absolute atomic E-state index is 0.0847. The van der Waals surface area contributed by atoms with Gasteiger partial charge in [0.1, 0.15) is 0 Å². The van der Waals surface area contributed by atoms with E-state index < -0.39 is 0 Å². The number of amides is 1. The molecule has 1 rings (SSSR count). The van der Waals surface area contributed by atoms with Gasteiger partial charge in [0.2, 0.25) is 5.91 Å². The molecule has 3 atom stereocenters. The Balaban J connectivity index is 2.67. The third-order valence-electron chi connectivity index (χ3n) is 4.63. The number of piperidine rings is 1. The van der Waals surface area contributed by atoms with Crippen LogP contribution in [0.15, 0.2) is 0 Å². The number of aliphatic hydroxyl groups excluding tert-OH is 1. The molecule has 0 aromatic rings. The van der Waals surface area contributed by atoms with E-state index in [2.05, 4.69) is 37.9 Å². The predicted molar refractivity (Wildman–Crippen MR) is 91.7 cm³/mol. The zero-order chi connectivity index (χ0) is 17.1. The van der Waals surface area contributed by atoms with E-state index in [4.69, 9.17) is 0 Å². The van der Waals surface area contributed by atoms with Gasteiger partial charge in [-0.05, 0) is 30.7 Å². The van der Waals surface area contributed by atoms with Crippen molar-refractivity contribution in [1.82, 2.24) is 10.2 Å². The smallest absolute Gasteiger partial charge is 0.225 e. The lowest BCUT2D eigenvalue weighted by Gasteiger charge is -2.40. The first-order chi connectivity index (χ1) is 9.93. The average Bonchev–Trinajstić information content (AvgIpc) is 2.36. The number of hydrogen-bond donors (Lipinski definition) is 2. The molecule has 0 aromatic heterocycles. The maximum Gasteiger partial charge on any atom is 0.225 e. The molecule has 2 N–H and O–H groups in total. The van der Waals surface area contributed by atoms with Gasteiger partial charge in [-0.15, -0.1) is 0 Å². The highest BCUT2D eigenvalue weighted by atomic mass is 16.3. The highest BCUT2D eigenvalue weighted by Crippen LogP contribution is 2.29. The predicted octanol–water partition coefficient (Wildman–Crippen LogP) is 2.66. The Kier molecular flexibility index (Phi) is 6.46. The summed E-state index contributed by atoms with van der Waals surface area (Å²) in [6.07, 6.45) is 1.47. The largest absolute Gasteiger partial charge is 0.393 e.